The van der Waals surface area contributed by atoms with Crippen LogP contribution in [0.4, 0.5) is 5.13 Å². The lowest BCUT2D eigenvalue weighted by Gasteiger charge is -2.49. The number of para-hydroxylation sites is 1. The van der Waals surface area contributed by atoms with Gasteiger partial charge in [0.1, 0.15) is 29.9 Å². The first-order valence-corrected chi connectivity index (χ1v) is 13.5. The van der Waals surface area contributed by atoms with Crippen molar-refractivity contribution in [3.05, 3.63) is 45.9 Å². The van der Waals surface area contributed by atoms with E-state index in [1.54, 1.807) is 5.38 Å². The molecule has 2 atom stereocenters. The molecule has 15 heteroatoms. The maximum Gasteiger partial charge on any atom is 0.353 e. The van der Waals surface area contributed by atoms with Crippen LogP contribution in [0.3, 0.4) is 0 Å². The van der Waals surface area contributed by atoms with Crippen molar-refractivity contribution in [1.29, 1.82) is 0 Å². The second-order valence-corrected chi connectivity index (χ2v) is 11.5. The van der Waals surface area contributed by atoms with Gasteiger partial charge in [-0.1, -0.05) is 29.1 Å². The predicted octanol–water partition coefficient (Wildman–Crippen LogP) is 2.17. The van der Waals surface area contributed by atoms with Crippen LogP contribution in [0.15, 0.2) is 49.7 Å². The molecule has 2 aliphatic rings. The molecule has 3 aromatic rings. The standard InChI is InChI=1S/C20H16N6O5S4/c1-31-25-12(9-6-33-19(21)22-9)15(27)24-13-16(28)26-14(18(29)30)11(7-32-17(13)26)35-20-23-8-4-2-3-5-10(8)34-20/h2-6,13,17H,7H2,1H3,(H2,21,22)(H,24,27)(H,29,30)/b25-12-/t13?,17-/m1/s1. The summed E-state index contributed by atoms with van der Waals surface area (Å²) in [7, 11) is 1.28. The summed E-state index contributed by atoms with van der Waals surface area (Å²) in [5, 5.41) is 17.5. The number of hydrogen-bond acceptors (Lipinski definition) is 12. The fourth-order valence-electron chi connectivity index (χ4n) is 3.57. The fraction of sp³-hybridized carbons (Fsp3) is 0.200. The molecule has 2 aliphatic heterocycles. The number of thiazole rings is 2. The van der Waals surface area contributed by atoms with E-state index in [1.807, 2.05) is 24.3 Å². The first-order valence-electron chi connectivity index (χ1n) is 9.95. The van der Waals surface area contributed by atoms with Crippen LogP contribution in [0.25, 0.3) is 10.2 Å². The normalized spacial score (nSPS) is 20.0. The second-order valence-electron chi connectivity index (χ2n) is 7.18. The van der Waals surface area contributed by atoms with Crippen molar-refractivity contribution in [2.75, 3.05) is 18.6 Å². The van der Waals surface area contributed by atoms with Crippen molar-refractivity contribution in [3.63, 3.8) is 0 Å². The number of carbonyl (C=O) groups excluding carboxylic acids is 2. The van der Waals surface area contributed by atoms with E-state index in [-0.39, 0.29) is 22.2 Å². The van der Waals surface area contributed by atoms with Gasteiger partial charge in [0.25, 0.3) is 11.8 Å². The van der Waals surface area contributed by atoms with Gasteiger partial charge < -0.3 is 21.0 Å². The molecule has 0 spiro atoms. The Hall–Kier alpha value is -3.14. The Bertz CT molecular complexity index is 1380. The lowest BCUT2D eigenvalue weighted by molar-refractivity contribution is -0.150. The summed E-state index contributed by atoms with van der Waals surface area (Å²) in [5.41, 5.74) is 6.47. The average Bonchev–Trinajstić information content (AvgIpc) is 3.45. The highest BCUT2D eigenvalue weighted by Crippen LogP contribution is 2.46. The third-order valence-corrected chi connectivity index (χ3v) is 9.39. The summed E-state index contributed by atoms with van der Waals surface area (Å²) in [6, 6.07) is 6.72. The highest BCUT2D eigenvalue weighted by molar-refractivity contribution is 8.07. The topological polar surface area (TPSA) is 160 Å². The van der Waals surface area contributed by atoms with Crippen LogP contribution in [0.1, 0.15) is 5.69 Å². The van der Waals surface area contributed by atoms with Gasteiger partial charge in [-0.05, 0) is 12.1 Å². The summed E-state index contributed by atoms with van der Waals surface area (Å²) < 4.78 is 1.69. The Labute approximate surface area is 214 Å². The zero-order valence-electron chi connectivity index (χ0n) is 17.8. The molecule has 11 nitrogen and oxygen atoms in total. The van der Waals surface area contributed by atoms with Crippen molar-refractivity contribution in [2.45, 2.75) is 15.8 Å². The zero-order chi connectivity index (χ0) is 24.7. The molecule has 4 N–H and O–H groups in total. The number of fused-ring (bicyclic) bond motifs is 2. The molecule has 35 heavy (non-hydrogen) atoms. The maximum absolute atomic E-state index is 13.0. The molecule has 2 amide bonds. The first-order chi connectivity index (χ1) is 16.9. The molecule has 1 saturated heterocycles. The number of benzene rings is 1. The number of rotatable bonds is 7. The number of amides is 2. The van der Waals surface area contributed by atoms with E-state index in [0.717, 1.165) is 21.6 Å². The molecular weight excluding hydrogens is 533 g/mol. The van der Waals surface area contributed by atoms with Gasteiger partial charge in [0.05, 0.1) is 10.2 Å². The van der Waals surface area contributed by atoms with Crippen LogP contribution >= 0.6 is 46.2 Å². The number of nitrogens with zero attached hydrogens (tertiary/aromatic N) is 4. The molecule has 0 bridgehead atoms. The van der Waals surface area contributed by atoms with E-state index in [1.165, 1.54) is 46.9 Å². The molecule has 1 fully saturated rings. The number of thioether (sulfide) groups is 2. The monoisotopic (exact) mass is 548 g/mol. The molecule has 0 saturated carbocycles. The smallest absolute Gasteiger partial charge is 0.353 e. The van der Waals surface area contributed by atoms with Crippen LogP contribution in [-0.4, -0.2) is 67.7 Å². The number of carboxylic acid groups (broad SMARTS) is 1. The van der Waals surface area contributed by atoms with Crippen molar-refractivity contribution in [2.24, 2.45) is 5.16 Å². The van der Waals surface area contributed by atoms with E-state index in [4.69, 9.17) is 10.6 Å². The fourth-order valence-corrected chi connectivity index (χ4v) is 7.82. The molecule has 2 aromatic heterocycles. The van der Waals surface area contributed by atoms with Crippen LogP contribution in [0, 0.1) is 0 Å². The van der Waals surface area contributed by atoms with Crippen molar-refractivity contribution in [3.8, 4) is 0 Å². The van der Waals surface area contributed by atoms with E-state index in [9.17, 15) is 19.5 Å². The Balaban J connectivity index is 1.36. The van der Waals surface area contributed by atoms with Crippen molar-refractivity contribution in [1.82, 2.24) is 20.2 Å². The quantitative estimate of drug-likeness (QED) is 0.227. The Morgan fingerprint density at radius 3 is 2.83 bits per heavy atom. The number of anilines is 1. The number of oxime groups is 1. The summed E-state index contributed by atoms with van der Waals surface area (Å²) in [6.07, 6.45) is 0. The Kier molecular flexibility index (Phi) is 6.39. The number of hydrogen-bond donors (Lipinski definition) is 3. The van der Waals surface area contributed by atoms with Crippen molar-refractivity contribution < 1.29 is 24.3 Å². The van der Waals surface area contributed by atoms with Gasteiger partial charge in [-0.2, -0.15) is 0 Å². The van der Waals surface area contributed by atoms with Gasteiger partial charge >= 0.3 is 5.97 Å². The summed E-state index contributed by atoms with van der Waals surface area (Å²) in [4.78, 5) is 53.0. The molecule has 1 unspecified atom stereocenters. The minimum absolute atomic E-state index is 0.0911. The maximum atomic E-state index is 13.0. The number of aromatic nitrogens is 2. The van der Waals surface area contributed by atoms with Crippen molar-refractivity contribution >= 4 is 85.0 Å². The summed E-state index contributed by atoms with van der Waals surface area (Å²) >= 11 is 5.20. The minimum atomic E-state index is -1.21. The van der Waals surface area contributed by atoms with Crippen LogP contribution in [0.2, 0.25) is 0 Å². The molecular formula is C20H16N6O5S4. The summed E-state index contributed by atoms with van der Waals surface area (Å²) in [5.74, 6) is -2.06. The first kappa shape index (κ1) is 23.6. The third-order valence-electron chi connectivity index (χ3n) is 5.07. The van der Waals surface area contributed by atoms with E-state index >= 15 is 0 Å². The van der Waals surface area contributed by atoms with Gasteiger partial charge in [-0.25, -0.2) is 14.8 Å². The van der Waals surface area contributed by atoms with Gasteiger partial charge in [-0.3, -0.25) is 14.5 Å². The van der Waals surface area contributed by atoms with Gasteiger partial charge in [-0.15, -0.1) is 34.4 Å². The highest BCUT2D eigenvalue weighted by atomic mass is 32.2. The number of carbonyl (C=O) groups is 3. The number of carboxylic acids is 1. The molecule has 4 heterocycles. The SMILES string of the molecule is CO/N=C(\C(=O)NC1C(=O)N2C(C(=O)O)=C(Sc3nc4ccccc4s3)CS[C@H]12)c1csc(N)n1. The number of nitrogens with two attached hydrogens (primary N) is 1. The second kappa shape index (κ2) is 9.49. The van der Waals surface area contributed by atoms with Gasteiger partial charge in [0, 0.05) is 16.0 Å². The zero-order valence-corrected chi connectivity index (χ0v) is 21.1. The van der Waals surface area contributed by atoms with Gasteiger partial charge in [0.15, 0.2) is 15.2 Å². The van der Waals surface area contributed by atoms with Crippen LogP contribution in [0.5, 0.6) is 0 Å². The molecule has 1 aromatic carbocycles. The summed E-state index contributed by atoms with van der Waals surface area (Å²) in [6.45, 7) is 0. The number of aliphatic carboxylic acids is 1. The number of nitrogens with one attached hydrogen (secondary N) is 1. The molecule has 0 radical (unpaired) electrons. The van der Waals surface area contributed by atoms with E-state index in [0.29, 0.717) is 15.0 Å². The largest absolute Gasteiger partial charge is 0.477 e. The molecule has 180 valence electrons. The van der Waals surface area contributed by atoms with Crippen LogP contribution < -0.4 is 11.1 Å². The number of β-lactam (4-membered cyclic amide) rings is 1. The third kappa shape index (κ3) is 4.35. The Morgan fingerprint density at radius 2 is 2.14 bits per heavy atom. The highest BCUT2D eigenvalue weighted by Gasteiger charge is 2.54. The minimum Gasteiger partial charge on any atom is -0.477 e. The van der Waals surface area contributed by atoms with Crippen LogP contribution in [-0.2, 0) is 19.2 Å². The van der Waals surface area contributed by atoms with Gasteiger partial charge in [0.2, 0.25) is 0 Å². The lowest BCUT2D eigenvalue weighted by atomic mass is 10.0. The molecule has 5 rings (SSSR count). The van der Waals surface area contributed by atoms with E-state index in [2.05, 4.69) is 20.4 Å². The lowest BCUT2D eigenvalue weighted by Crippen LogP contribution is -2.71. The predicted molar refractivity (Wildman–Crippen MR) is 135 cm³/mol. The van der Waals surface area contributed by atoms with E-state index < -0.39 is 29.2 Å². The molecule has 0 aliphatic carbocycles. The number of nitrogen functional groups attached to an aromatic ring is 1. The Morgan fingerprint density at radius 1 is 1.34 bits per heavy atom. The average molecular weight is 549 g/mol.